The largest absolute Gasteiger partial charge is 0.454 e. The van der Waals surface area contributed by atoms with Crippen LogP contribution >= 0.6 is 0 Å². The van der Waals surface area contributed by atoms with Gasteiger partial charge >= 0.3 is 5.97 Å². The number of benzene rings is 1. The Bertz CT molecular complexity index is 526. The molecule has 0 atom stereocenters. The van der Waals surface area contributed by atoms with E-state index in [9.17, 15) is 14.4 Å². The van der Waals surface area contributed by atoms with Gasteiger partial charge in [0.15, 0.2) is 6.61 Å². The number of aryl methyl sites for hydroxylation is 1. The van der Waals surface area contributed by atoms with E-state index in [1.54, 1.807) is 18.2 Å². The Morgan fingerprint density at radius 2 is 1.95 bits per heavy atom. The number of amides is 2. The third kappa shape index (κ3) is 6.56. The van der Waals surface area contributed by atoms with Gasteiger partial charge in [0.05, 0.1) is 0 Å². The van der Waals surface area contributed by atoms with E-state index in [0.717, 1.165) is 5.56 Å². The average Bonchev–Trinajstić information content (AvgIpc) is 2.41. The highest BCUT2D eigenvalue weighted by atomic mass is 16.5. The Morgan fingerprint density at radius 3 is 2.57 bits per heavy atom. The highest BCUT2D eigenvalue weighted by molar-refractivity contribution is 5.96. The van der Waals surface area contributed by atoms with Crippen molar-refractivity contribution in [2.75, 3.05) is 13.2 Å². The molecule has 0 saturated heterocycles. The molecule has 0 radical (unpaired) electrons. The number of ether oxygens (including phenoxy) is 1. The number of esters is 1. The van der Waals surface area contributed by atoms with Crippen molar-refractivity contribution in [3.05, 3.63) is 35.4 Å². The van der Waals surface area contributed by atoms with Crippen LogP contribution in [0.2, 0.25) is 0 Å². The minimum atomic E-state index is -0.657. The SMILES string of the molecule is Cc1cccc(C(=O)NCC(=O)OCC(=O)NC(C)C)c1. The molecule has 114 valence electrons. The highest BCUT2D eigenvalue weighted by Crippen LogP contribution is 2.03. The fourth-order valence-corrected chi connectivity index (χ4v) is 1.60. The molecular weight excluding hydrogens is 272 g/mol. The molecule has 0 spiro atoms. The summed E-state index contributed by atoms with van der Waals surface area (Å²) >= 11 is 0. The van der Waals surface area contributed by atoms with Crippen molar-refractivity contribution in [2.24, 2.45) is 0 Å². The molecule has 6 nitrogen and oxygen atoms in total. The lowest BCUT2D eigenvalue weighted by Crippen LogP contribution is -2.36. The van der Waals surface area contributed by atoms with E-state index in [2.05, 4.69) is 10.6 Å². The third-order valence-electron chi connectivity index (χ3n) is 2.49. The van der Waals surface area contributed by atoms with Gasteiger partial charge in [-0.2, -0.15) is 0 Å². The van der Waals surface area contributed by atoms with Crippen molar-refractivity contribution >= 4 is 17.8 Å². The average molecular weight is 292 g/mol. The molecule has 21 heavy (non-hydrogen) atoms. The normalized spacial score (nSPS) is 10.1. The van der Waals surface area contributed by atoms with E-state index in [0.29, 0.717) is 5.56 Å². The smallest absolute Gasteiger partial charge is 0.325 e. The van der Waals surface area contributed by atoms with Crippen LogP contribution in [0.1, 0.15) is 29.8 Å². The Morgan fingerprint density at radius 1 is 1.24 bits per heavy atom. The second kappa shape index (κ2) is 8.04. The van der Waals surface area contributed by atoms with Gasteiger partial charge in [-0.25, -0.2) is 0 Å². The summed E-state index contributed by atoms with van der Waals surface area (Å²) in [7, 11) is 0. The van der Waals surface area contributed by atoms with Gasteiger partial charge in [0.2, 0.25) is 0 Å². The number of carbonyl (C=O) groups is 3. The predicted octanol–water partition coefficient (Wildman–Crippen LogP) is 0.793. The number of nitrogens with one attached hydrogen (secondary N) is 2. The van der Waals surface area contributed by atoms with Gasteiger partial charge in [0.1, 0.15) is 6.54 Å². The fraction of sp³-hybridized carbons (Fsp3) is 0.400. The van der Waals surface area contributed by atoms with Crippen LogP contribution in [0.25, 0.3) is 0 Å². The van der Waals surface area contributed by atoms with Gasteiger partial charge in [0.25, 0.3) is 11.8 Å². The van der Waals surface area contributed by atoms with Crippen LogP contribution in [-0.2, 0) is 14.3 Å². The lowest BCUT2D eigenvalue weighted by Gasteiger charge is -2.09. The second-order valence-electron chi connectivity index (χ2n) is 4.94. The predicted molar refractivity (Wildman–Crippen MR) is 77.7 cm³/mol. The maximum Gasteiger partial charge on any atom is 0.325 e. The molecule has 1 aromatic carbocycles. The monoisotopic (exact) mass is 292 g/mol. The van der Waals surface area contributed by atoms with Gasteiger partial charge in [0, 0.05) is 11.6 Å². The molecule has 0 heterocycles. The van der Waals surface area contributed by atoms with E-state index in [1.807, 2.05) is 26.8 Å². The van der Waals surface area contributed by atoms with Crippen LogP contribution in [0.3, 0.4) is 0 Å². The molecule has 0 aliphatic rings. The van der Waals surface area contributed by atoms with Crippen LogP contribution in [0.4, 0.5) is 0 Å². The van der Waals surface area contributed by atoms with E-state index in [1.165, 1.54) is 0 Å². The molecule has 1 rings (SSSR count). The first kappa shape index (κ1) is 16.7. The molecule has 0 unspecified atom stereocenters. The summed E-state index contributed by atoms with van der Waals surface area (Å²) in [6.07, 6.45) is 0. The summed E-state index contributed by atoms with van der Waals surface area (Å²) in [6.45, 7) is 4.86. The number of hydrogen-bond donors (Lipinski definition) is 2. The Hall–Kier alpha value is -2.37. The maximum atomic E-state index is 11.8. The first-order chi connectivity index (χ1) is 9.88. The summed E-state index contributed by atoms with van der Waals surface area (Å²) in [4.78, 5) is 34.5. The molecule has 0 fully saturated rings. The van der Waals surface area contributed by atoms with E-state index >= 15 is 0 Å². The molecule has 1 aromatic rings. The summed E-state index contributed by atoms with van der Waals surface area (Å²) in [5, 5.41) is 5.04. The Balaban J connectivity index is 2.33. The van der Waals surface area contributed by atoms with E-state index in [-0.39, 0.29) is 31.0 Å². The van der Waals surface area contributed by atoms with Crippen molar-refractivity contribution < 1.29 is 19.1 Å². The first-order valence-corrected chi connectivity index (χ1v) is 6.68. The molecule has 2 N–H and O–H groups in total. The zero-order valence-electron chi connectivity index (χ0n) is 12.4. The molecule has 6 heteroatoms. The maximum absolute atomic E-state index is 11.8. The third-order valence-corrected chi connectivity index (χ3v) is 2.49. The molecule has 0 aliphatic carbocycles. The van der Waals surface area contributed by atoms with Gasteiger partial charge in [-0.05, 0) is 32.9 Å². The topological polar surface area (TPSA) is 84.5 Å². The minimum Gasteiger partial charge on any atom is -0.454 e. The molecular formula is C15H20N2O4. The molecule has 0 aliphatic heterocycles. The van der Waals surface area contributed by atoms with Gasteiger partial charge < -0.3 is 15.4 Å². The van der Waals surface area contributed by atoms with Crippen LogP contribution in [-0.4, -0.2) is 37.0 Å². The molecule has 0 saturated carbocycles. The first-order valence-electron chi connectivity index (χ1n) is 6.68. The van der Waals surface area contributed by atoms with E-state index in [4.69, 9.17) is 4.74 Å². The highest BCUT2D eigenvalue weighted by Gasteiger charge is 2.11. The minimum absolute atomic E-state index is 0.0165. The zero-order valence-corrected chi connectivity index (χ0v) is 12.4. The van der Waals surface area contributed by atoms with Crippen LogP contribution in [0.15, 0.2) is 24.3 Å². The van der Waals surface area contributed by atoms with E-state index < -0.39 is 5.97 Å². The summed E-state index contributed by atoms with van der Waals surface area (Å²) in [6, 6.07) is 7.00. The standard InChI is InChI=1S/C15H20N2O4/c1-10(2)17-13(18)9-21-14(19)8-16-15(20)12-6-4-5-11(3)7-12/h4-7,10H,8-9H2,1-3H3,(H,16,20)(H,17,18). The summed E-state index contributed by atoms with van der Waals surface area (Å²) in [5.74, 6) is -1.39. The number of hydrogen-bond acceptors (Lipinski definition) is 4. The Labute approximate surface area is 123 Å². The number of carbonyl (C=O) groups excluding carboxylic acids is 3. The van der Waals surface area contributed by atoms with Crippen LogP contribution in [0.5, 0.6) is 0 Å². The quantitative estimate of drug-likeness (QED) is 0.759. The van der Waals surface area contributed by atoms with Crippen molar-refractivity contribution in [1.29, 1.82) is 0 Å². The fourth-order valence-electron chi connectivity index (χ4n) is 1.60. The van der Waals surface area contributed by atoms with Gasteiger partial charge in [-0.3, -0.25) is 14.4 Å². The van der Waals surface area contributed by atoms with Crippen LogP contribution in [0, 0.1) is 6.92 Å². The molecule has 0 bridgehead atoms. The van der Waals surface area contributed by atoms with Crippen molar-refractivity contribution in [3.63, 3.8) is 0 Å². The Kier molecular flexibility index (Phi) is 6.39. The summed E-state index contributed by atoms with van der Waals surface area (Å²) < 4.78 is 4.75. The zero-order chi connectivity index (χ0) is 15.8. The second-order valence-corrected chi connectivity index (χ2v) is 4.94. The molecule has 0 aromatic heterocycles. The van der Waals surface area contributed by atoms with Gasteiger partial charge in [-0.1, -0.05) is 17.7 Å². The van der Waals surface area contributed by atoms with Gasteiger partial charge in [-0.15, -0.1) is 0 Å². The summed E-state index contributed by atoms with van der Waals surface area (Å²) in [5.41, 5.74) is 1.43. The van der Waals surface area contributed by atoms with Crippen molar-refractivity contribution in [3.8, 4) is 0 Å². The number of rotatable bonds is 6. The lowest BCUT2D eigenvalue weighted by molar-refractivity contribution is -0.147. The molecule has 2 amide bonds. The van der Waals surface area contributed by atoms with Crippen molar-refractivity contribution in [1.82, 2.24) is 10.6 Å². The lowest BCUT2D eigenvalue weighted by atomic mass is 10.1. The van der Waals surface area contributed by atoms with Crippen LogP contribution < -0.4 is 10.6 Å². The van der Waals surface area contributed by atoms with Crippen molar-refractivity contribution in [2.45, 2.75) is 26.8 Å².